The van der Waals surface area contributed by atoms with Crippen LogP contribution in [0.15, 0.2) is 22.7 Å². The summed E-state index contributed by atoms with van der Waals surface area (Å²) in [6.07, 6.45) is 1.64. The van der Waals surface area contributed by atoms with E-state index < -0.39 is 0 Å². The number of aromatic nitrogens is 2. The van der Waals surface area contributed by atoms with Gasteiger partial charge in [0.1, 0.15) is 16.8 Å². The van der Waals surface area contributed by atoms with Gasteiger partial charge < -0.3 is 0 Å². The smallest absolute Gasteiger partial charge is 0.136 e. The Kier molecular flexibility index (Phi) is 4.53. The highest BCUT2D eigenvalue weighted by atomic mass is 79.9. The lowest BCUT2D eigenvalue weighted by Gasteiger charge is -2.10. The van der Waals surface area contributed by atoms with Gasteiger partial charge >= 0.3 is 0 Å². The Hall–Kier alpha value is -1.00. The highest BCUT2D eigenvalue weighted by Crippen LogP contribution is 2.30. The Labute approximate surface area is 125 Å². The molecule has 0 spiro atoms. The van der Waals surface area contributed by atoms with Gasteiger partial charge in [0.2, 0.25) is 0 Å². The monoisotopic (exact) mass is 342 g/mol. The summed E-state index contributed by atoms with van der Waals surface area (Å²) in [7, 11) is 0. The molecule has 0 N–H and O–H groups in total. The maximum atomic E-state index is 14.0. The van der Waals surface area contributed by atoms with Crippen LogP contribution in [-0.4, -0.2) is 9.97 Å². The molecule has 0 unspecified atom stereocenters. The molecule has 0 aliphatic rings. The molecule has 0 amide bonds. The zero-order valence-corrected chi connectivity index (χ0v) is 13.0. The Bertz CT molecular complexity index is 617. The first-order chi connectivity index (χ1) is 9.02. The van der Waals surface area contributed by atoms with Crippen LogP contribution in [0.4, 0.5) is 4.39 Å². The van der Waals surface area contributed by atoms with E-state index in [1.165, 1.54) is 6.07 Å². The first kappa shape index (κ1) is 14.4. The van der Waals surface area contributed by atoms with Crippen molar-refractivity contribution in [1.82, 2.24) is 9.97 Å². The van der Waals surface area contributed by atoms with Crippen LogP contribution in [0.3, 0.4) is 0 Å². The van der Waals surface area contributed by atoms with E-state index in [0.717, 1.165) is 17.3 Å². The highest BCUT2D eigenvalue weighted by molar-refractivity contribution is 9.10. The summed E-state index contributed by atoms with van der Waals surface area (Å²) < 4.78 is 14.8. The van der Waals surface area contributed by atoms with E-state index in [0.29, 0.717) is 27.8 Å². The summed E-state index contributed by atoms with van der Waals surface area (Å²) in [6.45, 7) is 3.84. The standard InChI is InChI=1S/C14H13BrClFN2/c1-3-4-12-18-13(8(2)14(16)19-12)10-7-9(15)5-6-11(10)17/h5-7H,3-4H2,1-2H3. The van der Waals surface area contributed by atoms with Crippen LogP contribution in [0.2, 0.25) is 5.15 Å². The second-order valence-electron chi connectivity index (χ2n) is 4.28. The van der Waals surface area contributed by atoms with Crippen LogP contribution in [-0.2, 0) is 6.42 Å². The Morgan fingerprint density at radius 1 is 1.32 bits per heavy atom. The van der Waals surface area contributed by atoms with Crippen LogP contribution in [0, 0.1) is 12.7 Å². The van der Waals surface area contributed by atoms with Crippen LogP contribution < -0.4 is 0 Å². The summed E-state index contributed by atoms with van der Waals surface area (Å²) in [4.78, 5) is 8.66. The number of halogens is 3. The second kappa shape index (κ2) is 5.97. The average molecular weight is 344 g/mol. The third kappa shape index (κ3) is 3.12. The van der Waals surface area contributed by atoms with Gasteiger partial charge in [-0.05, 0) is 31.5 Å². The minimum atomic E-state index is -0.316. The van der Waals surface area contributed by atoms with Crippen molar-refractivity contribution in [1.29, 1.82) is 0 Å². The fourth-order valence-electron chi connectivity index (χ4n) is 1.81. The zero-order chi connectivity index (χ0) is 14.0. The second-order valence-corrected chi connectivity index (χ2v) is 5.55. The van der Waals surface area contributed by atoms with Gasteiger partial charge in [-0.1, -0.05) is 34.5 Å². The zero-order valence-electron chi connectivity index (χ0n) is 10.7. The van der Waals surface area contributed by atoms with Crippen LogP contribution in [0.5, 0.6) is 0 Å². The minimum absolute atomic E-state index is 0.316. The fourth-order valence-corrected chi connectivity index (χ4v) is 2.36. The normalized spacial score (nSPS) is 10.8. The van der Waals surface area contributed by atoms with E-state index in [-0.39, 0.29) is 5.82 Å². The molecule has 0 bridgehead atoms. The van der Waals surface area contributed by atoms with Crippen LogP contribution in [0.25, 0.3) is 11.3 Å². The number of aryl methyl sites for hydroxylation is 1. The summed E-state index contributed by atoms with van der Waals surface area (Å²) in [5, 5.41) is 0.382. The fraction of sp³-hybridized carbons (Fsp3) is 0.286. The molecule has 2 rings (SSSR count). The first-order valence-corrected chi connectivity index (χ1v) is 7.18. The molecule has 0 radical (unpaired) electrons. The van der Waals surface area contributed by atoms with E-state index in [1.54, 1.807) is 19.1 Å². The summed E-state index contributed by atoms with van der Waals surface area (Å²) in [5.74, 6) is 0.330. The maximum Gasteiger partial charge on any atom is 0.136 e. The quantitative estimate of drug-likeness (QED) is 0.736. The lowest BCUT2D eigenvalue weighted by Crippen LogP contribution is -2.01. The summed E-state index contributed by atoms with van der Waals surface area (Å²) in [5.41, 5.74) is 1.69. The van der Waals surface area contributed by atoms with E-state index in [4.69, 9.17) is 11.6 Å². The van der Waals surface area contributed by atoms with Gasteiger partial charge in [0.25, 0.3) is 0 Å². The topological polar surface area (TPSA) is 25.8 Å². The third-order valence-electron chi connectivity index (χ3n) is 2.79. The van der Waals surface area contributed by atoms with Crippen LogP contribution in [0.1, 0.15) is 24.7 Å². The number of rotatable bonds is 3. The van der Waals surface area contributed by atoms with Crippen molar-refractivity contribution in [2.45, 2.75) is 26.7 Å². The first-order valence-electron chi connectivity index (χ1n) is 6.01. The molecule has 5 heteroatoms. The van der Waals surface area contributed by atoms with Gasteiger partial charge in [-0.15, -0.1) is 0 Å². The lowest BCUT2D eigenvalue weighted by molar-refractivity contribution is 0.630. The van der Waals surface area contributed by atoms with Gasteiger partial charge in [-0.25, -0.2) is 14.4 Å². The molecule has 0 fully saturated rings. The molecule has 0 atom stereocenters. The molecule has 19 heavy (non-hydrogen) atoms. The van der Waals surface area contributed by atoms with Gasteiger partial charge in [0.05, 0.1) is 5.69 Å². The van der Waals surface area contributed by atoms with E-state index in [1.807, 2.05) is 6.92 Å². The molecular weight excluding hydrogens is 331 g/mol. The van der Waals surface area contributed by atoms with E-state index in [9.17, 15) is 4.39 Å². The largest absolute Gasteiger partial charge is 0.232 e. The molecule has 100 valence electrons. The maximum absolute atomic E-state index is 14.0. The molecular formula is C14H13BrClFN2. The van der Waals surface area contributed by atoms with Gasteiger partial charge in [-0.3, -0.25) is 0 Å². The molecule has 0 aliphatic heterocycles. The molecule has 0 saturated carbocycles. The van der Waals surface area contributed by atoms with Crippen molar-refractivity contribution >= 4 is 27.5 Å². The number of nitrogens with zero attached hydrogens (tertiary/aromatic N) is 2. The van der Waals surface area contributed by atoms with Crippen molar-refractivity contribution in [3.8, 4) is 11.3 Å². The van der Waals surface area contributed by atoms with Crippen molar-refractivity contribution in [3.05, 3.63) is 45.0 Å². The molecule has 2 nitrogen and oxygen atoms in total. The number of hydrogen-bond donors (Lipinski definition) is 0. The van der Waals surface area contributed by atoms with Crippen molar-refractivity contribution in [2.75, 3.05) is 0 Å². The van der Waals surface area contributed by atoms with E-state index >= 15 is 0 Å². The van der Waals surface area contributed by atoms with E-state index in [2.05, 4.69) is 25.9 Å². The molecule has 0 aliphatic carbocycles. The summed E-state index contributed by atoms with van der Waals surface area (Å²) >= 11 is 9.45. The van der Waals surface area contributed by atoms with Gasteiger partial charge in [-0.2, -0.15) is 0 Å². The minimum Gasteiger partial charge on any atom is -0.232 e. The third-order valence-corrected chi connectivity index (χ3v) is 3.65. The molecule has 1 heterocycles. The highest BCUT2D eigenvalue weighted by Gasteiger charge is 2.14. The molecule has 1 aromatic heterocycles. The van der Waals surface area contributed by atoms with Crippen molar-refractivity contribution < 1.29 is 4.39 Å². The Morgan fingerprint density at radius 3 is 2.74 bits per heavy atom. The van der Waals surface area contributed by atoms with Gasteiger partial charge in [0, 0.05) is 22.0 Å². The summed E-state index contributed by atoms with van der Waals surface area (Å²) in [6, 6.07) is 4.77. The van der Waals surface area contributed by atoms with Crippen molar-refractivity contribution in [3.63, 3.8) is 0 Å². The average Bonchev–Trinajstić information content (AvgIpc) is 2.37. The molecule has 0 saturated heterocycles. The van der Waals surface area contributed by atoms with Crippen molar-refractivity contribution in [2.24, 2.45) is 0 Å². The molecule has 2 aromatic rings. The SMILES string of the molecule is CCCc1nc(Cl)c(C)c(-c2cc(Br)ccc2F)n1. The molecule has 1 aromatic carbocycles. The number of benzene rings is 1. The Morgan fingerprint density at radius 2 is 2.05 bits per heavy atom. The predicted octanol–water partition coefficient (Wildman–Crippen LogP) is 4.96. The Balaban J connectivity index is 2.63. The van der Waals surface area contributed by atoms with Crippen LogP contribution >= 0.6 is 27.5 Å². The van der Waals surface area contributed by atoms with Gasteiger partial charge in [0.15, 0.2) is 0 Å². The number of hydrogen-bond acceptors (Lipinski definition) is 2. The predicted molar refractivity (Wildman–Crippen MR) is 78.9 cm³/mol. The lowest BCUT2D eigenvalue weighted by atomic mass is 10.1.